The first-order valence-electron chi connectivity index (χ1n) is 3.98. The lowest BCUT2D eigenvalue weighted by molar-refractivity contribution is -0.134. The Balaban J connectivity index is 2.41. The van der Waals surface area contributed by atoms with E-state index in [1.807, 2.05) is 6.07 Å². The average Bonchev–Trinajstić information content (AvgIpc) is 2.57. The van der Waals surface area contributed by atoms with Crippen LogP contribution in [-0.2, 0) is 16.1 Å². The van der Waals surface area contributed by atoms with E-state index in [0.29, 0.717) is 6.54 Å². The summed E-state index contributed by atoms with van der Waals surface area (Å²) in [7, 11) is 3.23. The number of amides is 1. The molecule has 1 aromatic heterocycles. The van der Waals surface area contributed by atoms with Gasteiger partial charge in [-0.3, -0.25) is 4.79 Å². The first-order chi connectivity index (χ1) is 6.24. The summed E-state index contributed by atoms with van der Waals surface area (Å²) in [6.45, 7) is 0.674. The van der Waals surface area contributed by atoms with Crippen molar-refractivity contribution in [3.05, 3.63) is 24.2 Å². The van der Waals surface area contributed by atoms with Crippen LogP contribution in [0.5, 0.6) is 0 Å². The third kappa shape index (κ3) is 2.91. The Hall–Kier alpha value is -1.29. The number of hydrogen-bond donors (Lipinski definition) is 0. The molecule has 1 amide bonds. The van der Waals surface area contributed by atoms with Gasteiger partial charge in [-0.15, -0.1) is 0 Å². The van der Waals surface area contributed by atoms with Crippen molar-refractivity contribution in [1.82, 2.24) is 4.90 Å². The van der Waals surface area contributed by atoms with Crippen molar-refractivity contribution in [3.63, 3.8) is 0 Å². The second-order valence-corrected chi connectivity index (χ2v) is 2.81. The zero-order valence-electron chi connectivity index (χ0n) is 7.82. The zero-order valence-corrected chi connectivity index (χ0v) is 7.82. The van der Waals surface area contributed by atoms with Crippen molar-refractivity contribution in [2.24, 2.45) is 0 Å². The van der Waals surface area contributed by atoms with Crippen LogP contribution in [0.25, 0.3) is 0 Å². The maximum atomic E-state index is 11.2. The molecule has 0 aliphatic heterocycles. The van der Waals surface area contributed by atoms with Gasteiger partial charge in [0.1, 0.15) is 6.61 Å². The molecule has 0 saturated carbocycles. The predicted octanol–water partition coefficient (Wildman–Crippen LogP) is 0.884. The van der Waals surface area contributed by atoms with Crippen LogP contribution < -0.4 is 0 Å². The van der Waals surface area contributed by atoms with Crippen molar-refractivity contribution in [3.8, 4) is 0 Å². The van der Waals surface area contributed by atoms with Crippen LogP contribution in [0.2, 0.25) is 0 Å². The monoisotopic (exact) mass is 183 g/mol. The lowest BCUT2D eigenvalue weighted by atomic mass is 10.3. The lowest BCUT2D eigenvalue weighted by Crippen LogP contribution is -2.29. The molecule has 0 aliphatic rings. The van der Waals surface area contributed by atoms with Gasteiger partial charge in [0.15, 0.2) is 0 Å². The molecule has 0 unspecified atom stereocenters. The first kappa shape index (κ1) is 9.80. The minimum Gasteiger partial charge on any atom is -0.472 e. The largest absolute Gasteiger partial charge is 0.472 e. The Morgan fingerprint density at radius 3 is 3.00 bits per heavy atom. The maximum Gasteiger partial charge on any atom is 0.248 e. The molecule has 0 saturated heterocycles. The summed E-state index contributed by atoms with van der Waals surface area (Å²) in [6.07, 6.45) is 3.21. The summed E-state index contributed by atoms with van der Waals surface area (Å²) in [6, 6.07) is 1.83. The fourth-order valence-corrected chi connectivity index (χ4v) is 0.978. The van der Waals surface area contributed by atoms with Gasteiger partial charge < -0.3 is 14.1 Å². The Morgan fingerprint density at radius 2 is 2.46 bits per heavy atom. The number of likely N-dealkylation sites (N-methyl/N-ethyl adjacent to an activating group) is 1. The quantitative estimate of drug-likeness (QED) is 0.696. The molecule has 0 aromatic carbocycles. The van der Waals surface area contributed by atoms with E-state index in [-0.39, 0.29) is 12.5 Å². The molecular weight excluding hydrogens is 170 g/mol. The second-order valence-electron chi connectivity index (χ2n) is 2.81. The van der Waals surface area contributed by atoms with Gasteiger partial charge in [-0.2, -0.15) is 0 Å². The summed E-state index contributed by atoms with van der Waals surface area (Å²) in [5.41, 5.74) is 0.979. The number of carbonyl (C=O) groups is 1. The summed E-state index contributed by atoms with van der Waals surface area (Å²) in [5, 5.41) is 0. The van der Waals surface area contributed by atoms with E-state index >= 15 is 0 Å². The molecule has 4 heteroatoms. The zero-order chi connectivity index (χ0) is 9.68. The van der Waals surface area contributed by atoms with E-state index in [9.17, 15) is 4.79 Å². The molecule has 1 rings (SSSR count). The molecule has 0 aliphatic carbocycles. The molecule has 4 nitrogen and oxygen atoms in total. The Labute approximate surface area is 77.1 Å². The van der Waals surface area contributed by atoms with Gasteiger partial charge in [-0.1, -0.05) is 0 Å². The van der Waals surface area contributed by atoms with Crippen LogP contribution in [0.4, 0.5) is 0 Å². The molecule has 13 heavy (non-hydrogen) atoms. The van der Waals surface area contributed by atoms with Gasteiger partial charge in [0.2, 0.25) is 5.91 Å². The van der Waals surface area contributed by atoms with E-state index in [2.05, 4.69) is 0 Å². The number of carbonyl (C=O) groups excluding carboxylic acids is 1. The lowest BCUT2D eigenvalue weighted by Gasteiger charge is -2.15. The average molecular weight is 183 g/mol. The van der Waals surface area contributed by atoms with Crippen molar-refractivity contribution >= 4 is 5.91 Å². The number of ether oxygens (including phenoxy) is 1. The molecule has 1 heterocycles. The molecule has 0 spiro atoms. The van der Waals surface area contributed by atoms with Crippen molar-refractivity contribution in [2.45, 2.75) is 6.54 Å². The minimum atomic E-state index is -0.0382. The van der Waals surface area contributed by atoms with Crippen LogP contribution in [0.3, 0.4) is 0 Å². The Morgan fingerprint density at radius 1 is 1.69 bits per heavy atom. The molecular formula is C9H13NO3. The third-order valence-electron chi connectivity index (χ3n) is 1.69. The van der Waals surface area contributed by atoms with Crippen LogP contribution in [0.1, 0.15) is 5.56 Å². The number of nitrogens with zero attached hydrogens (tertiary/aromatic N) is 1. The third-order valence-corrected chi connectivity index (χ3v) is 1.69. The van der Waals surface area contributed by atoms with Gasteiger partial charge in [-0.25, -0.2) is 0 Å². The van der Waals surface area contributed by atoms with E-state index < -0.39 is 0 Å². The van der Waals surface area contributed by atoms with Crippen LogP contribution in [-0.4, -0.2) is 31.6 Å². The van der Waals surface area contributed by atoms with E-state index in [1.165, 1.54) is 7.11 Å². The molecule has 1 aromatic rings. The van der Waals surface area contributed by atoms with Crippen molar-refractivity contribution in [2.75, 3.05) is 20.8 Å². The maximum absolute atomic E-state index is 11.2. The summed E-state index contributed by atoms with van der Waals surface area (Å²) in [4.78, 5) is 12.8. The smallest absolute Gasteiger partial charge is 0.248 e. The standard InChI is InChI=1S/C9H13NO3/c1-10(9(11)7-12-2)5-8-3-4-13-6-8/h3-4,6H,5,7H2,1-2H3. The van der Waals surface area contributed by atoms with Crippen LogP contribution in [0, 0.1) is 0 Å². The predicted molar refractivity (Wildman–Crippen MR) is 47.1 cm³/mol. The minimum absolute atomic E-state index is 0.0382. The highest BCUT2D eigenvalue weighted by atomic mass is 16.5. The highest BCUT2D eigenvalue weighted by molar-refractivity contribution is 5.77. The number of rotatable bonds is 4. The normalized spacial score (nSPS) is 10.0. The molecule has 72 valence electrons. The van der Waals surface area contributed by atoms with Crippen molar-refractivity contribution in [1.29, 1.82) is 0 Å². The number of methoxy groups -OCH3 is 1. The number of furan rings is 1. The Bertz CT molecular complexity index is 256. The summed E-state index contributed by atoms with van der Waals surface area (Å²) >= 11 is 0. The SMILES string of the molecule is COCC(=O)N(C)Cc1ccoc1. The van der Waals surface area contributed by atoms with Crippen LogP contribution in [0.15, 0.2) is 23.0 Å². The fraction of sp³-hybridized carbons (Fsp3) is 0.444. The molecule has 0 bridgehead atoms. The van der Waals surface area contributed by atoms with E-state index in [1.54, 1.807) is 24.5 Å². The van der Waals surface area contributed by atoms with Gasteiger partial charge in [0.05, 0.1) is 12.5 Å². The van der Waals surface area contributed by atoms with E-state index in [0.717, 1.165) is 5.56 Å². The molecule has 0 atom stereocenters. The number of hydrogen-bond acceptors (Lipinski definition) is 3. The summed E-state index contributed by atoms with van der Waals surface area (Å²) in [5.74, 6) is -0.0382. The second kappa shape index (κ2) is 4.67. The first-order valence-corrected chi connectivity index (χ1v) is 3.98. The molecule has 0 radical (unpaired) electrons. The van der Waals surface area contributed by atoms with Gasteiger partial charge in [0.25, 0.3) is 0 Å². The highest BCUT2D eigenvalue weighted by Gasteiger charge is 2.08. The van der Waals surface area contributed by atoms with Gasteiger partial charge in [-0.05, 0) is 6.07 Å². The van der Waals surface area contributed by atoms with Gasteiger partial charge >= 0.3 is 0 Å². The van der Waals surface area contributed by atoms with Gasteiger partial charge in [0, 0.05) is 26.3 Å². The fourth-order valence-electron chi connectivity index (χ4n) is 0.978. The highest BCUT2D eigenvalue weighted by Crippen LogP contribution is 2.03. The molecule has 0 fully saturated rings. The summed E-state index contributed by atoms with van der Waals surface area (Å²) < 4.78 is 9.62. The van der Waals surface area contributed by atoms with Crippen LogP contribution >= 0.6 is 0 Å². The van der Waals surface area contributed by atoms with E-state index in [4.69, 9.17) is 9.15 Å². The topological polar surface area (TPSA) is 42.7 Å². The Kier molecular flexibility index (Phi) is 3.52. The van der Waals surface area contributed by atoms with Crippen molar-refractivity contribution < 1.29 is 13.9 Å². The molecule has 0 N–H and O–H groups in total.